The van der Waals surface area contributed by atoms with Crippen LogP contribution in [0.2, 0.25) is 0 Å². The Hall–Kier alpha value is -2.77. The molecule has 4 rings (SSSR count). The third kappa shape index (κ3) is 3.44. The van der Waals surface area contributed by atoms with Gasteiger partial charge in [-0.25, -0.2) is 0 Å². The molecule has 26 heavy (non-hydrogen) atoms. The van der Waals surface area contributed by atoms with Crippen molar-refractivity contribution >= 4 is 11.3 Å². The third-order valence-corrected chi connectivity index (χ3v) is 4.86. The second-order valence-electron chi connectivity index (χ2n) is 6.08. The Balaban J connectivity index is 1.56. The van der Waals surface area contributed by atoms with Crippen molar-refractivity contribution in [2.24, 2.45) is 0 Å². The minimum Gasteiger partial charge on any atom is -0.419 e. The number of hydrogen-bond donors (Lipinski definition) is 0. The highest BCUT2D eigenvalue weighted by Gasteiger charge is 2.22. The van der Waals surface area contributed by atoms with E-state index in [9.17, 15) is 0 Å². The van der Waals surface area contributed by atoms with Gasteiger partial charge in [0.05, 0.1) is 6.54 Å². The molecule has 0 saturated heterocycles. The molecule has 7 heteroatoms. The highest BCUT2D eigenvalue weighted by Crippen LogP contribution is 2.33. The molecule has 3 heterocycles. The number of nitrogens with zero attached hydrogens (tertiary/aromatic N) is 4. The lowest BCUT2D eigenvalue weighted by atomic mass is 10.1. The highest BCUT2D eigenvalue weighted by molar-refractivity contribution is 7.09. The molecule has 0 amide bonds. The van der Waals surface area contributed by atoms with E-state index in [4.69, 9.17) is 8.94 Å². The van der Waals surface area contributed by atoms with Gasteiger partial charge in [0.15, 0.2) is 0 Å². The summed E-state index contributed by atoms with van der Waals surface area (Å²) in [6.45, 7) is 3.27. The molecule has 4 aromatic rings. The van der Waals surface area contributed by atoms with Crippen LogP contribution in [-0.2, 0) is 13.1 Å². The van der Waals surface area contributed by atoms with E-state index in [1.807, 2.05) is 44.3 Å². The molecular formula is C19H18N4O2S. The van der Waals surface area contributed by atoms with Crippen molar-refractivity contribution in [1.29, 1.82) is 0 Å². The van der Waals surface area contributed by atoms with E-state index < -0.39 is 0 Å². The molecule has 3 aromatic heterocycles. The van der Waals surface area contributed by atoms with Gasteiger partial charge in [-0.1, -0.05) is 41.6 Å². The van der Waals surface area contributed by atoms with Gasteiger partial charge in [-0.2, -0.15) is 0 Å². The molecule has 132 valence electrons. The van der Waals surface area contributed by atoms with Crippen LogP contribution in [0, 0.1) is 6.92 Å². The van der Waals surface area contributed by atoms with Crippen LogP contribution in [0.15, 0.2) is 56.8 Å². The molecule has 0 aliphatic heterocycles. The maximum Gasteiger partial charge on any atom is 0.253 e. The van der Waals surface area contributed by atoms with Gasteiger partial charge >= 0.3 is 0 Å². The minimum absolute atomic E-state index is 0.433. The lowest BCUT2D eigenvalue weighted by molar-refractivity contribution is 0.285. The number of aromatic nitrogens is 3. The first-order valence-corrected chi connectivity index (χ1v) is 9.14. The normalized spacial score (nSPS) is 11.3. The molecule has 0 aliphatic rings. The van der Waals surface area contributed by atoms with Crippen molar-refractivity contribution in [2.75, 3.05) is 7.05 Å². The Morgan fingerprint density at radius 3 is 2.65 bits per heavy atom. The molecule has 0 atom stereocenters. The predicted octanol–water partition coefficient (Wildman–Crippen LogP) is 4.39. The molecule has 0 aliphatic carbocycles. The lowest BCUT2D eigenvalue weighted by Crippen LogP contribution is -2.16. The fourth-order valence-electron chi connectivity index (χ4n) is 2.79. The number of benzene rings is 1. The topological polar surface area (TPSA) is 68.2 Å². The average molecular weight is 366 g/mol. The average Bonchev–Trinajstić information content (AvgIpc) is 3.37. The Kier molecular flexibility index (Phi) is 4.64. The fraction of sp³-hybridized carbons (Fsp3) is 0.211. The maximum atomic E-state index is 5.90. The molecule has 0 spiro atoms. The number of aryl methyl sites for hydroxylation is 1. The smallest absolute Gasteiger partial charge is 0.253 e. The standard InChI is InChI=1S/C19H18N4O2S/c1-13-17(18(22-25-13)14-7-4-3-5-8-14)19-21-20-16(24-19)12-23(2)11-15-9-6-10-26-15/h3-10H,11-12H2,1-2H3. The largest absolute Gasteiger partial charge is 0.419 e. The summed E-state index contributed by atoms with van der Waals surface area (Å²) in [7, 11) is 2.03. The van der Waals surface area contributed by atoms with Crippen molar-refractivity contribution in [3.05, 3.63) is 64.4 Å². The molecule has 0 bridgehead atoms. The van der Waals surface area contributed by atoms with E-state index in [2.05, 4.69) is 37.8 Å². The number of rotatable bonds is 6. The van der Waals surface area contributed by atoms with Crippen molar-refractivity contribution in [1.82, 2.24) is 20.3 Å². The number of hydrogen-bond acceptors (Lipinski definition) is 7. The van der Waals surface area contributed by atoms with Gasteiger partial charge in [0, 0.05) is 17.0 Å². The quantitative estimate of drug-likeness (QED) is 0.504. The number of thiophene rings is 1. The van der Waals surface area contributed by atoms with E-state index in [0.29, 0.717) is 29.8 Å². The second kappa shape index (κ2) is 7.23. The summed E-state index contributed by atoms with van der Waals surface area (Å²) in [4.78, 5) is 3.44. The summed E-state index contributed by atoms with van der Waals surface area (Å²) < 4.78 is 11.3. The first-order valence-electron chi connectivity index (χ1n) is 8.26. The van der Waals surface area contributed by atoms with Gasteiger partial charge in [-0.15, -0.1) is 21.5 Å². The molecular weight excluding hydrogens is 348 g/mol. The van der Waals surface area contributed by atoms with E-state index in [0.717, 1.165) is 17.7 Å². The molecule has 0 fully saturated rings. The fourth-order valence-corrected chi connectivity index (χ4v) is 3.57. The summed E-state index contributed by atoms with van der Waals surface area (Å²) in [6, 6.07) is 14.0. The third-order valence-electron chi connectivity index (χ3n) is 4.00. The van der Waals surface area contributed by atoms with Gasteiger partial charge in [0.25, 0.3) is 5.89 Å². The zero-order valence-electron chi connectivity index (χ0n) is 14.5. The van der Waals surface area contributed by atoms with Crippen LogP contribution in [-0.4, -0.2) is 27.3 Å². The van der Waals surface area contributed by atoms with Crippen LogP contribution >= 0.6 is 11.3 Å². The second-order valence-corrected chi connectivity index (χ2v) is 7.11. The van der Waals surface area contributed by atoms with Crippen LogP contribution in [0.25, 0.3) is 22.7 Å². The van der Waals surface area contributed by atoms with Crippen LogP contribution in [0.5, 0.6) is 0 Å². The summed E-state index contributed by atoms with van der Waals surface area (Å²) >= 11 is 1.74. The molecule has 0 N–H and O–H groups in total. The van der Waals surface area contributed by atoms with E-state index in [-0.39, 0.29) is 0 Å². The lowest BCUT2D eigenvalue weighted by Gasteiger charge is -2.12. The van der Waals surface area contributed by atoms with Gasteiger partial charge < -0.3 is 8.94 Å². The Bertz CT molecular complexity index is 976. The predicted molar refractivity (Wildman–Crippen MR) is 99.5 cm³/mol. The monoisotopic (exact) mass is 366 g/mol. The van der Waals surface area contributed by atoms with Gasteiger partial charge in [-0.3, -0.25) is 4.90 Å². The highest BCUT2D eigenvalue weighted by atomic mass is 32.1. The van der Waals surface area contributed by atoms with E-state index >= 15 is 0 Å². The molecule has 0 saturated carbocycles. The summed E-state index contributed by atoms with van der Waals surface area (Å²) in [5.74, 6) is 1.66. The SMILES string of the molecule is Cc1onc(-c2ccccc2)c1-c1nnc(CN(C)Cc2cccs2)o1. The van der Waals surface area contributed by atoms with Crippen molar-refractivity contribution < 1.29 is 8.94 Å². The summed E-state index contributed by atoms with van der Waals surface area (Å²) in [5, 5.41) is 14.7. The van der Waals surface area contributed by atoms with Crippen molar-refractivity contribution in [2.45, 2.75) is 20.0 Å². The Morgan fingerprint density at radius 2 is 1.88 bits per heavy atom. The van der Waals surface area contributed by atoms with Crippen molar-refractivity contribution in [3.8, 4) is 22.7 Å². The molecule has 0 unspecified atom stereocenters. The zero-order valence-corrected chi connectivity index (χ0v) is 15.4. The van der Waals surface area contributed by atoms with Crippen molar-refractivity contribution in [3.63, 3.8) is 0 Å². The summed E-state index contributed by atoms with van der Waals surface area (Å²) in [6.07, 6.45) is 0. The molecule has 1 aromatic carbocycles. The van der Waals surface area contributed by atoms with Gasteiger partial charge in [-0.05, 0) is 25.4 Å². The van der Waals surface area contributed by atoms with E-state index in [1.165, 1.54) is 4.88 Å². The Morgan fingerprint density at radius 1 is 1.04 bits per heavy atom. The van der Waals surface area contributed by atoms with E-state index in [1.54, 1.807) is 11.3 Å². The first kappa shape index (κ1) is 16.7. The first-order chi connectivity index (χ1) is 12.7. The van der Waals surface area contributed by atoms with Gasteiger partial charge in [0.2, 0.25) is 5.89 Å². The van der Waals surface area contributed by atoms with Gasteiger partial charge in [0.1, 0.15) is 17.0 Å². The van der Waals surface area contributed by atoms with Crippen LogP contribution < -0.4 is 0 Å². The molecule has 6 nitrogen and oxygen atoms in total. The van der Waals surface area contributed by atoms with Crippen LogP contribution in [0.3, 0.4) is 0 Å². The maximum absolute atomic E-state index is 5.90. The summed E-state index contributed by atoms with van der Waals surface area (Å²) in [5.41, 5.74) is 2.41. The van der Waals surface area contributed by atoms with Crippen LogP contribution in [0.4, 0.5) is 0 Å². The minimum atomic E-state index is 0.433. The zero-order chi connectivity index (χ0) is 17.9. The van der Waals surface area contributed by atoms with Crippen LogP contribution in [0.1, 0.15) is 16.5 Å². The molecule has 0 radical (unpaired) electrons. The Labute approximate surface area is 155 Å².